The van der Waals surface area contributed by atoms with E-state index in [-0.39, 0.29) is 0 Å². The van der Waals surface area contributed by atoms with Gasteiger partial charge in [0.05, 0.1) is 13.3 Å². The van der Waals surface area contributed by atoms with Crippen LogP contribution in [0.1, 0.15) is 5.56 Å². The van der Waals surface area contributed by atoms with E-state index in [1.54, 1.807) is 0 Å². The summed E-state index contributed by atoms with van der Waals surface area (Å²) < 4.78 is 0. The number of aryl methyl sites for hydroxylation is 1. The minimum atomic E-state index is 0.853. The molecule has 5 nitrogen and oxygen atoms in total. The first kappa shape index (κ1) is 11.9. The van der Waals surface area contributed by atoms with Gasteiger partial charge in [-0.2, -0.15) is 0 Å². The monoisotopic (exact) mass is 257 g/mol. The normalized spacial score (nSPS) is 18.1. The van der Waals surface area contributed by atoms with Crippen LogP contribution in [0, 0.1) is 6.92 Å². The number of hydrogen-bond acceptors (Lipinski definition) is 5. The second-order valence-corrected chi connectivity index (χ2v) is 5.19. The van der Waals surface area contributed by atoms with E-state index in [9.17, 15) is 0 Å². The first-order chi connectivity index (χ1) is 9.11. The van der Waals surface area contributed by atoms with Gasteiger partial charge in [0.25, 0.3) is 0 Å². The van der Waals surface area contributed by atoms with Crippen LogP contribution in [-0.2, 0) is 0 Å². The summed E-state index contributed by atoms with van der Waals surface area (Å²) in [7, 11) is 4.12. The molecule has 1 aromatic rings. The molecule has 0 atom stereocenters. The molecule has 0 amide bonds. The topological polar surface area (TPSA) is 25.9 Å². The Balaban J connectivity index is 1.88. The summed E-state index contributed by atoms with van der Waals surface area (Å²) in [5.74, 6) is 2.00. The Morgan fingerprint density at radius 1 is 0.842 bits per heavy atom. The van der Waals surface area contributed by atoms with E-state index in [0.717, 1.165) is 25.0 Å². The minimum Gasteiger partial charge on any atom is -0.361 e. The summed E-state index contributed by atoms with van der Waals surface area (Å²) >= 11 is 0. The highest BCUT2D eigenvalue weighted by molar-refractivity contribution is 5.55. The number of rotatable bonds is 2. The molecule has 3 rings (SSSR count). The van der Waals surface area contributed by atoms with Crippen molar-refractivity contribution in [3.8, 4) is 0 Å². The third kappa shape index (κ3) is 2.36. The third-order valence-electron chi connectivity index (χ3n) is 3.28. The fourth-order valence-electron chi connectivity index (χ4n) is 2.28. The molecule has 0 aromatic carbocycles. The lowest BCUT2D eigenvalue weighted by molar-refractivity contribution is 0.492. The smallest absolute Gasteiger partial charge is 0.136 e. The van der Waals surface area contributed by atoms with Crippen LogP contribution in [0.2, 0.25) is 0 Å². The Hall–Kier alpha value is -2.17. The van der Waals surface area contributed by atoms with E-state index < -0.39 is 0 Å². The molecule has 2 aliphatic heterocycles. The molecule has 0 radical (unpaired) electrons. The van der Waals surface area contributed by atoms with Crippen molar-refractivity contribution < 1.29 is 0 Å². The van der Waals surface area contributed by atoms with Crippen LogP contribution in [0.25, 0.3) is 0 Å². The van der Waals surface area contributed by atoms with Gasteiger partial charge in [0.15, 0.2) is 0 Å². The lowest BCUT2D eigenvalue weighted by Gasteiger charge is -2.22. The van der Waals surface area contributed by atoms with Gasteiger partial charge in [-0.3, -0.25) is 0 Å². The van der Waals surface area contributed by atoms with Crippen LogP contribution in [0.4, 0.5) is 11.6 Å². The second kappa shape index (κ2) is 4.50. The zero-order chi connectivity index (χ0) is 13.4. The van der Waals surface area contributed by atoms with Crippen LogP contribution in [0.15, 0.2) is 36.9 Å². The predicted octanol–water partition coefficient (Wildman–Crippen LogP) is 1.75. The van der Waals surface area contributed by atoms with Crippen LogP contribution in [0.3, 0.4) is 0 Å². The highest BCUT2D eigenvalue weighted by Crippen LogP contribution is 2.24. The molecule has 0 saturated carbocycles. The lowest BCUT2D eigenvalue weighted by Crippen LogP contribution is -2.25. The van der Waals surface area contributed by atoms with Gasteiger partial charge in [-0.25, -0.2) is 4.98 Å². The molecule has 5 heteroatoms. The van der Waals surface area contributed by atoms with Crippen molar-refractivity contribution in [1.29, 1.82) is 0 Å². The molecule has 1 aromatic heterocycles. The quantitative estimate of drug-likeness (QED) is 0.804. The number of anilines is 2. The van der Waals surface area contributed by atoms with Gasteiger partial charge < -0.3 is 19.6 Å². The van der Waals surface area contributed by atoms with E-state index in [2.05, 4.69) is 77.6 Å². The number of aromatic nitrogens is 1. The Kier molecular flexibility index (Phi) is 2.81. The zero-order valence-electron chi connectivity index (χ0n) is 11.6. The fourth-order valence-corrected chi connectivity index (χ4v) is 2.28. The van der Waals surface area contributed by atoms with Crippen LogP contribution < -0.4 is 9.80 Å². The van der Waals surface area contributed by atoms with Gasteiger partial charge in [0.2, 0.25) is 0 Å². The molecule has 0 aliphatic carbocycles. The van der Waals surface area contributed by atoms with Gasteiger partial charge >= 0.3 is 0 Å². The van der Waals surface area contributed by atoms with Crippen molar-refractivity contribution in [1.82, 2.24) is 14.8 Å². The van der Waals surface area contributed by atoms with Crippen LogP contribution in [0.5, 0.6) is 0 Å². The van der Waals surface area contributed by atoms with E-state index in [0.29, 0.717) is 0 Å². The predicted molar refractivity (Wildman–Crippen MR) is 77.5 cm³/mol. The van der Waals surface area contributed by atoms with Crippen molar-refractivity contribution in [2.24, 2.45) is 0 Å². The van der Waals surface area contributed by atoms with Gasteiger partial charge in [0, 0.05) is 38.9 Å². The standard InChI is InChI=1S/C14H19N5/c1-12-8-13(18-6-4-16(2)10-18)15-14(9-12)19-7-5-17(3)11-19/h4-9H,10-11H2,1-3H3. The summed E-state index contributed by atoms with van der Waals surface area (Å²) in [5, 5.41) is 0. The average molecular weight is 257 g/mol. The van der Waals surface area contributed by atoms with Crippen LogP contribution in [-0.4, -0.2) is 42.2 Å². The average Bonchev–Trinajstić information content (AvgIpc) is 2.97. The zero-order valence-corrected chi connectivity index (χ0v) is 11.6. The molecule has 0 bridgehead atoms. The Morgan fingerprint density at radius 2 is 1.32 bits per heavy atom. The lowest BCUT2D eigenvalue weighted by atomic mass is 10.2. The maximum Gasteiger partial charge on any atom is 0.136 e. The Bertz CT molecular complexity index is 492. The molecule has 0 unspecified atom stereocenters. The van der Waals surface area contributed by atoms with Crippen molar-refractivity contribution in [3.05, 3.63) is 42.5 Å². The molecule has 100 valence electrons. The van der Waals surface area contributed by atoms with E-state index in [4.69, 9.17) is 4.98 Å². The number of nitrogens with zero attached hydrogens (tertiary/aromatic N) is 5. The largest absolute Gasteiger partial charge is 0.361 e. The Morgan fingerprint density at radius 3 is 1.68 bits per heavy atom. The van der Waals surface area contributed by atoms with Crippen molar-refractivity contribution in [2.75, 3.05) is 37.2 Å². The molecule has 0 N–H and O–H groups in total. The highest BCUT2D eigenvalue weighted by atomic mass is 15.4. The third-order valence-corrected chi connectivity index (χ3v) is 3.28. The van der Waals surface area contributed by atoms with Crippen LogP contribution >= 0.6 is 0 Å². The van der Waals surface area contributed by atoms with Crippen molar-refractivity contribution in [3.63, 3.8) is 0 Å². The van der Waals surface area contributed by atoms with Crippen molar-refractivity contribution in [2.45, 2.75) is 6.92 Å². The summed E-state index contributed by atoms with van der Waals surface area (Å²) in [6.07, 6.45) is 8.26. The van der Waals surface area contributed by atoms with E-state index in [1.807, 2.05) is 0 Å². The molecule has 2 aliphatic rings. The molecule has 3 heterocycles. The van der Waals surface area contributed by atoms with Gasteiger partial charge in [-0.05, 0) is 24.6 Å². The van der Waals surface area contributed by atoms with Gasteiger partial charge in [-0.15, -0.1) is 0 Å². The van der Waals surface area contributed by atoms with Gasteiger partial charge in [0.1, 0.15) is 11.6 Å². The number of hydrogen-bond donors (Lipinski definition) is 0. The molecular weight excluding hydrogens is 238 g/mol. The maximum atomic E-state index is 4.76. The van der Waals surface area contributed by atoms with Crippen molar-refractivity contribution >= 4 is 11.6 Å². The molecule has 0 spiro atoms. The second-order valence-electron chi connectivity index (χ2n) is 5.19. The first-order valence-corrected chi connectivity index (χ1v) is 6.41. The molecule has 19 heavy (non-hydrogen) atoms. The Labute approximate surface area is 114 Å². The first-order valence-electron chi connectivity index (χ1n) is 6.41. The van der Waals surface area contributed by atoms with E-state index >= 15 is 0 Å². The molecular formula is C14H19N5. The summed E-state index contributed by atoms with van der Waals surface area (Å²) in [4.78, 5) is 13.3. The highest BCUT2D eigenvalue weighted by Gasteiger charge is 2.16. The SMILES string of the molecule is Cc1cc(N2C=CN(C)C2)nc(N2C=CN(C)C2)c1. The molecule has 0 saturated heterocycles. The summed E-state index contributed by atoms with van der Waals surface area (Å²) in [6.45, 7) is 3.82. The summed E-state index contributed by atoms with van der Waals surface area (Å²) in [5.41, 5.74) is 1.23. The fraction of sp³-hybridized carbons (Fsp3) is 0.357. The minimum absolute atomic E-state index is 0.853. The molecule has 0 fully saturated rings. The van der Waals surface area contributed by atoms with E-state index in [1.165, 1.54) is 5.56 Å². The van der Waals surface area contributed by atoms with Gasteiger partial charge in [-0.1, -0.05) is 0 Å². The summed E-state index contributed by atoms with van der Waals surface area (Å²) in [6, 6.07) is 4.24. The maximum absolute atomic E-state index is 4.76. The number of pyridine rings is 1.